The number of fused-ring (bicyclic) bond motifs is 1. The molecule has 0 fully saturated rings. The smallest absolute Gasteiger partial charge is 0.237 e. The summed E-state index contributed by atoms with van der Waals surface area (Å²) in [5, 5.41) is 12.2. The molecule has 0 spiro atoms. The molecule has 1 aliphatic rings. The first-order valence-corrected chi connectivity index (χ1v) is 10.7. The van der Waals surface area contributed by atoms with Crippen LogP contribution in [0.25, 0.3) is 11.4 Å². The number of benzene rings is 2. The van der Waals surface area contributed by atoms with Crippen LogP contribution in [0, 0.1) is 6.92 Å². The average molecular weight is 422 g/mol. The van der Waals surface area contributed by atoms with Gasteiger partial charge in [0.05, 0.1) is 17.1 Å². The fourth-order valence-electron chi connectivity index (χ4n) is 3.66. The molecule has 154 valence electrons. The van der Waals surface area contributed by atoms with Gasteiger partial charge in [-0.2, -0.15) is 0 Å². The summed E-state index contributed by atoms with van der Waals surface area (Å²) in [6, 6.07) is 15.2. The Morgan fingerprint density at radius 3 is 2.70 bits per heavy atom. The zero-order valence-electron chi connectivity index (χ0n) is 17.1. The first kappa shape index (κ1) is 20.2. The fraction of sp³-hybridized carbons (Fsp3) is 0.273. The van der Waals surface area contributed by atoms with Crippen molar-refractivity contribution in [2.75, 3.05) is 16.0 Å². The second-order valence-electron chi connectivity index (χ2n) is 7.35. The second-order valence-corrected chi connectivity index (χ2v) is 8.29. The SMILES string of the molecule is Cc1ccccc1-c1nnc(SCC(=O)N2c3ccccc3NC(=O)CC2C)n1C. The van der Waals surface area contributed by atoms with Crippen LogP contribution >= 0.6 is 11.8 Å². The second kappa shape index (κ2) is 8.31. The zero-order chi connectivity index (χ0) is 21.3. The highest BCUT2D eigenvalue weighted by molar-refractivity contribution is 7.99. The third kappa shape index (κ3) is 3.82. The maximum atomic E-state index is 13.2. The first-order valence-electron chi connectivity index (χ1n) is 9.75. The molecule has 0 saturated carbocycles. The molecule has 0 radical (unpaired) electrons. The minimum Gasteiger partial charge on any atom is -0.324 e. The van der Waals surface area contributed by atoms with Crippen molar-refractivity contribution in [1.29, 1.82) is 0 Å². The number of amides is 2. The van der Waals surface area contributed by atoms with Crippen molar-refractivity contribution in [3.05, 3.63) is 54.1 Å². The van der Waals surface area contributed by atoms with Crippen LogP contribution in [0.2, 0.25) is 0 Å². The molecule has 0 aliphatic carbocycles. The highest BCUT2D eigenvalue weighted by Gasteiger charge is 2.29. The molecule has 2 amide bonds. The minimum absolute atomic E-state index is 0.0723. The molecule has 1 unspecified atom stereocenters. The predicted octanol–water partition coefficient (Wildman–Crippen LogP) is 3.65. The van der Waals surface area contributed by atoms with Gasteiger partial charge in [-0.15, -0.1) is 10.2 Å². The Bertz CT molecular complexity index is 1110. The molecule has 0 saturated heterocycles. The van der Waals surface area contributed by atoms with Crippen molar-refractivity contribution in [2.45, 2.75) is 31.5 Å². The van der Waals surface area contributed by atoms with Crippen molar-refractivity contribution < 1.29 is 9.59 Å². The molecule has 0 bridgehead atoms. The van der Waals surface area contributed by atoms with Gasteiger partial charge in [0.2, 0.25) is 11.8 Å². The van der Waals surface area contributed by atoms with Gasteiger partial charge in [-0.05, 0) is 31.5 Å². The van der Waals surface area contributed by atoms with Crippen LogP contribution in [0.1, 0.15) is 18.9 Å². The van der Waals surface area contributed by atoms with E-state index in [1.54, 1.807) is 4.90 Å². The lowest BCUT2D eigenvalue weighted by Gasteiger charge is -2.27. The first-order chi connectivity index (χ1) is 14.5. The van der Waals surface area contributed by atoms with Gasteiger partial charge in [0.25, 0.3) is 0 Å². The van der Waals surface area contributed by atoms with Gasteiger partial charge in [0, 0.05) is 25.1 Å². The van der Waals surface area contributed by atoms with Gasteiger partial charge in [-0.3, -0.25) is 9.59 Å². The highest BCUT2D eigenvalue weighted by atomic mass is 32.2. The zero-order valence-corrected chi connectivity index (χ0v) is 17.9. The van der Waals surface area contributed by atoms with Crippen LogP contribution in [0.4, 0.5) is 11.4 Å². The summed E-state index contributed by atoms with van der Waals surface area (Å²) >= 11 is 1.35. The molecular formula is C22H23N5O2S. The number of nitrogens with one attached hydrogen (secondary N) is 1. The number of hydrogen-bond donors (Lipinski definition) is 1. The highest BCUT2D eigenvalue weighted by Crippen LogP contribution is 2.32. The summed E-state index contributed by atoms with van der Waals surface area (Å²) < 4.78 is 1.91. The van der Waals surface area contributed by atoms with Gasteiger partial charge in [-0.1, -0.05) is 48.2 Å². The number of hydrogen-bond acceptors (Lipinski definition) is 5. The molecule has 2 heterocycles. The summed E-state index contributed by atoms with van der Waals surface area (Å²) in [4.78, 5) is 27.0. The lowest BCUT2D eigenvalue weighted by Crippen LogP contribution is -2.40. The number of carbonyl (C=O) groups excluding carboxylic acids is 2. The van der Waals surface area contributed by atoms with Crippen LogP contribution in [0.15, 0.2) is 53.7 Å². The van der Waals surface area contributed by atoms with Gasteiger partial charge in [0.1, 0.15) is 0 Å². The Balaban J connectivity index is 1.54. The van der Waals surface area contributed by atoms with Crippen molar-refractivity contribution in [3.8, 4) is 11.4 Å². The Labute approximate surface area is 179 Å². The number of anilines is 2. The molecule has 7 nitrogen and oxygen atoms in total. The average Bonchev–Trinajstić information content (AvgIpc) is 3.01. The summed E-state index contributed by atoms with van der Waals surface area (Å²) in [7, 11) is 1.90. The van der Waals surface area contributed by atoms with Gasteiger partial charge < -0.3 is 14.8 Å². The maximum Gasteiger partial charge on any atom is 0.237 e. The largest absolute Gasteiger partial charge is 0.324 e. The monoisotopic (exact) mass is 421 g/mol. The van der Waals surface area contributed by atoms with E-state index in [2.05, 4.69) is 15.5 Å². The molecule has 1 N–H and O–H groups in total. The number of aryl methyl sites for hydroxylation is 1. The van der Waals surface area contributed by atoms with Gasteiger partial charge >= 0.3 is 0 Å². The Morgan fingerprint density at radius 1 is 1.17 bits per heavy atom. The van der Waals surface area contributed by atoms with E-state index in [0.29, 0.717) is 10.8 Å². The Hall–Kier alpha value is -3.13. The Morgan fingerprint density at radius 2 is 1.90 bits per heavy atom. The van der Waals surface area contributed by atoms with Crippen LogP contribution in [0.5, 0.6) is 0 Å². The lowest BCUT2D eigenvalue weighted by atomic mass is 10.1. The number of nitrogens with zero attached hydrogens (tertiary/aromatic N) is 4. The standard InChI is InChI=1S/C22H23N5O2S/c1-14-8-4-5-9-16(14)21-24-25-22(26(21)3)30-13-20(29)27-15(2)12-19(28)23-17-10-6-7-11-18(17)27/h4-11,15H,12-13H2,1-3H3,(H,23,28). The summed E-state index contributed by atoms with van der Waals surface area (Å²) in [6.45, 7) is 3.93. The molecule has 1 aromatic heterocycles. The molecule has 8 heteroatoms. The quantitative estimate of drug-likeness (QED) is 0.651. The van der Waals surface area contributed by atoms with Gasteiger partial charge in [-0.25, -0.2) is 0 Å². The topological polar surface area (TPSA) is 80.1 Å². The lowest BCUT2D eigenvalue weighted by molar-refractivity contribution is -0.117. The Kier molecular flexibility index (Phi) is 5.59. The molecule has 2 aromatic carbocycles. The third-order valence-corrected chi connectivity index (χ3v) is 6.18. The van der Waals surface area contributed by atoms with Crippen LogP contribution in [-0.4, -0.2) is 38.4 Å². The van der Waals surface area contributed by atoms with Crippen molar-refractivity contribution in [1.82, 2.24) is 14.8 Å². The van der Waals surface area contributed by atoms with Gasteiger partial charge in [0.15, 0.2) is 11.0 Å². The normalized spacial score (nSPS) is 16.0. The van der Waals surface area contributed by atoms with Crippen LogP contribution in [-0.2, 0) is 16.6 Å². The van der Waals surface area contributed by atoms with Crippen molar-refractivity contribution in [3.63, 3.8) is 0 Å². The molecule has 3 aromatic rings. The summed E-state index contributed by atoms with van der Waals surface area (Å²) in [5.41, 5.74) is 3.52. The molecular weight excluding hydrogens is 398 g/mol. The van der Waals surface area contributed by atoms with E-state index in [9.17, 15) is 9.59 Å². The van der Waals surface area contributed by atoms with Crippen molar-refractivity contribution in [2.24, 2.45) is 7.05 Å². The van der Waals surface area contributed by atoms with Crippen LogP contribution in [0.3, 0.4) is 0 Å². The van der Waals surface area contributed by atoms with E-state index in [1.807, 2.05) is 74.0 Å². The molecule has 4 rings (SSSR count). The maximum absolute atomic E-state index is 13.2. The van der Waals surface area contributed by atoms with E-state index in [1.165, 1.54) is 11.8 Å². The number of para-hydroxylation sites is 2. The molecule has 30 heavy (non-hydrogen) atoms. The van der Waals surface area contributed by atoms with Crippen molar-refractivity contribution >= 4 is 35.0 Å². The van der Waals surface area contributed by atoms with E-state index < -0.39 is 0 Å². The number of thioether (sulfide) groups is 1. The number of aromatic nitrogens is 3. The minimum atomic E-state index is -0.233. The predicted molar refractivity (Wildman–Crippen MR) is 119 cm³/mol. The molecule has 1 aliphatic heterocycles. The third-order valence-electron chi connectivity index (χ3n) is 5.17. The van der Waals surface area contributed by atoms with E-state index in [0.717, 1.165) is 22.6 Å². The summed E-state index contributed by atoms with van der Waals surface area (Å²) in [6.07, 6.45) is 0.256. The van der Waals surface area contributed by atoms with E-state index in [4.69, 9.17) is 0 Å². The number of carbonyl (C=O) groups is 2. The molecule has 1 atom stereocenters. The summed E-state index contributed by atoms with van der Waals surface area (Å²) in [5.74, 6) is 0.810. The van der Waals surface area contributed by atoms with E-state index in [-0.39, 0.29) is 30.0 Å². The van der Waals surface area contributed by atoms with E-state index >= 15 is 0 Å². The number of rotatable bonds is 4. The fourth-order valence-corrected chi connectivity index (χ4v) is 4.43. The van der Waals surface area contributed by atoms with Crippen LogP contribution < -0.4 is 10.2 Å².